The van der Waals surface area contributed by atoms with Gasteiger partial charge in [0.2, 0.25) is 0 Å². The van der Waals surface area contributed by atoms with Crippen molar-refractivity contribution in [1.29, 1.82) is 0 Å². The molecule has 0 aliphatic carbocycles. The highest BCUT2D eigenvalue weighted by atomic mass is 16.5. The zero-order valence-electron chi connectivity index (χ0n) is 10.9. The highest BCUT2D eigenvalue weighted by Crippen LogP contribution is 2.23. The normalized spacial score (nSPS) is 10.2. The van der Waals surface area contributed by atoms with Crippen molar-refractivity contribution in [3.8, 4) is 0 Å². The van der Waals surface area contributed by atoms with Crippen molar-refractivity contribution in [2.75, 3.05) is 17.7 Å². The molecule has 0 bridgehead atoms. The quantitative estimate of drug-likeness (QED) is 0.648. The summed E-state index contributed by atoms with van der Waals surface area (Å²) in [6.45, 7) is 2.08. The Bertz CT molecular complexity index is 592. The number of aryl methyl sites for hydroxylation is 1. The number of rotatable bonds is 4. The maximum atomic E-state index is 11.9. The molecule has 2 aromatic rings. The Morgan fingerprint density at radius 2 is 2.32 bits per heavy atom. The van der Waals surface area contributed by atoms with Gasteiger partial charge in [-0.2, -0.15) is 5.10 Å². The molecule has 0 unspecified atom stereocenters. The van der Waals surface area contributed by atoms with Crippen molar-refractivity contribution in [3.05, 3.63) is 36.2 Å². The van der Waals surface area contributed by atoms with Gasteiger partial charge in [-0.05, 0) is 25.1 Å². The van der Waals surface area contributed by atoms with Crippen LogP contribution in [0.15, 0.2) is 30.6 Å². The standard InChI is InChI=1S/C13H16N4O2/c1-3-19-13(18)11-6-9(14)4-5-12(11)16-10-7-15-17(2)8-10/h4-8,16H,3,14H2,1-2H3. The lowest BCUT2D eigenvalue weighted by Gasteiger charge is -2.10. The summed E-state index contributed by atoms with van der Waals surface area (Å²) in [6.07, 6.45) is 3.48. The number of nitrogens with zero attached hydrogens (tertiary/aromatic N) is 2. The maximum absolute atomic E-state index is 11.9. The minimum atomic E-state index is -0.402. The van der Waals surface area contributed by atoms with Crippen molar-refractivity contribution in [3.63, 3.8) is 0 Å². The first-order valence-corrected chi connectivity index (χ1v) is 5.92. The van der Waals surface area contributed by atoms with Crippen molar-refractivity contribution < 1.29 is 9.53 Å². The SMILES string of the molecule is CCOC(=O)c1cc(N)ccc1Nc1cnn(C)c1. The van der Waals surface area contributed by atoms with Gasteiger partial charge >= 0.3 is 5.97 Å². The summed E-state index contributed by atoms with van der Waals surface area (Å²) in [7, 11) is 1.82. The van der Waals surface area contributed by atoms with E-state index in [1.807, 2.05) is 13.2 Å². The largest absolute Gasteiger partial charge is 0.462 e. The fourth-order valence-electron chi connectivity index (χ4n) is 1.69. The van der Waals surface area contributed by atoms with Gasteiger partial charge in [0.05, 0.1) is 29.7 Å². The van der Waals surface area contributed by atoms with Crippen molar-refractivity contribution in [2.24, 2.45) is 7.05 Å². The van der Waals surface area contributed by atoms with Gasteiger partial charge in [0.1, 0.15) is 0 Å². The first kappa shape index (κ1) is 12.9. The molecule has 0 amide bonds. The van der Waals surface area contributed by atoms with Gasteiger partial charge in [0.25, 0.3) is 0 Å². The number of hydrogen-bond acceptors (Lipinski definition) is 5. The molecule has 0 aliphatic rings. The number of carbonyl (C=O) groups excluding carboxylic acids is 1. The first-order chi connectivity index (χ1) is 9.10. The van der Waals surface area contributed by atoms with Crippen molar-refractivity contribution in [1.82, 2.24) is 9.78 Å². The summed E-state index contributed by atoms with van der Waals surface area (Å²) in [4.78, 5) is 11.9. The smallest absolute Gasteiger partial charge is 0.340 e. The monoisotopic (exact) mass is 260 g/mol. The molecule has 0 fully saturated rings. The second kappa shape index (κ2) is 5.43. The van der Waals surface area contributed by atoms with E-state index >= 15 is 0 Å². The molecule has 3 N–H and O–H groups in total. The number of nitrogens with two attached hydrogens (primary N) is 1. The molecule has 1 aromatic heterocycles. The molecule has 0 atom stereocenters. The van der Waals surface area contributed by atoms with E-state index in [1.165, 1.54) is 0 Å². The molecule has 1 aromatic carbocycles. The van der Waals surface area contributed by atoms with Crippen LogP contribution >= 0.6 is 0 Å². The molecule has 0 saturated heterocycles. The Morgan fingerprint density at radius 1 is 1.53 bits per heavy atom. The average Bonchev–Trinajstić information content (AvgIpc) is 2.77. The Labute approximate surface area is 111 Å². The lowest BCUT2D eigenvalue weighted by atomic mass is 10.1. The van der Waals surface area contributed by atoms with E-state index < -0.39 is 5.97 Å². The number of carbonyl (C=O) groups is 1. The van der Waals surface area contributed by atoms with Gasteiger partial charge in [-0.3, -0.25) is 4.68 Å². The molecule has 6 nitrogen and oxygen atoms in total. The van der Waals surface area contributed by atoms with E-state index in [4.69, 9.17) is 10.5 Å². The summed E-state index contributed by atoms with van der Waals surface area (Å²) in [6, 6.07) is 5.06. The second-order valence-corrected chi connectivity index (χ2v) is 4.05. The summed E-state index contributed by atoms with van der Waals surface area (Å²) in [5.74, 6) is -0.402. The number of esters is 1. The predicted molar refractivity (Wildman–Crippen MR) is 73.3 cm³/mol. The Kier molecular flexibility index (Phi) is 3.70. The topological polar surface area (TPSA) is 82.2 Å². The highest BCUT2D eigenvalue weighted by molar-refractivity contribution is 5.97. The molecule has 0 radical (unpaired) electrons. The van der Waals surface area contributed by atoms with E-state index in [0.717, 1.165) is 5.69 Å². The van der Waals surface area contributed by atoms with Crippen LogP contribution in [0.2, 0.25) is 0 Å². The number of ether oxygens (including phenoxy) is 1. The summed E-state index contributed by atoms with van der Waals surface area (Å²) < 4.78 is 6.68. The van der Waals surface area contributed by atoms with Gasteiger partial charge in [0.15, 0.2) is 0 Å². The number of hydrogen-bond donors (Lipinski definition) is 2. The number of aromatic nitrogens is 2. The van der Waals surface area contributed by atoms with Crippen LogP contribution in [0.4, 0.5) is 17.1 Å². The number of benzene rings is 1. The molecule has 100 valence electrons. The van der Waals surface area contributed by atoms with Crippen LogP contribution in [-0.2, 0) is 11.8 Å². The fraction of sp³-hybridized carbons (Fsp3) is 0.231. The highest BCUT2D eigenvalue weighted by Gasteiger charge is 2.13. The Balaban J connectivity index is 2.31. The molecule has 0 saturated carbocycles. The molecular formula is C13H16N4O2. The van der Waals surface area contributed by atoms with Gasteiger partial charge in [0, 0.05) is 18.9 Å². The maximum Gasteiger partial charge on any atom is 0.340 e. The molecule has 0 spiro atoms. The first-order valence-electron chi connectivity index (χ1n) is 5.92. The Morgan fingerprint density at radius 3 is 2.95 bits per heavy atom. The average molecular weight is 260 g/mol. The van der Waals surface area contributed by atoms with Crippen LogP contribution in [0.5, 0.6) is 0 Å². The predicted octanol–water partition coefficient (Wildman–Crippen LogP) is 1.92. The molecule has 19 heavy (non-hydrogen) atoms. The van der Waals surface area contributed by atoms with Crippen LogP contribution in [0.3, 0.4) is 0 Å². The van der Waals surface area contributed by atoms with Gasteiger partial charge in [-0.1, -0.05) is 0 Å². The lowest BCUT2D eigenvalue weighted by Crippen LogP contribution is -2.08. The van der Waals surface area contributed by atoms with Crippen LogP contribution < -0.4 is 11.1 Å². The summed E-state index contributed by atoms with van der Waals surface area (Å²) in [5, 5.41) is 7.17. The lowest BCUT2D eigenvalue weighted by molar-refractivity contribution is 0.0527. The van der Waals surface area contributed by atoms with Gasteiger partial charge < -0.3 is 15.8 Å². The fourth-order valence-corrected chi connectivity index (χ4v) is 1.69. The Hall–Kier alpha value is -2.50. The molecule has 6 heteroatoms. The van der Waals surface area contributed by atoms with Crippen LogP contribution in [0.25, 0.3) is 0 Å². The second-order valence-electron chi connectivity index (χ2n) is 4.05. The van der Waals surface area contributed by atoms with Crippen LogP contribution in [-0.4, -0.2) is 22.4 Å². The third kappa shape index (κ3) is 3.04. The number of nitrogen functional groups attached to an aromatic ring is 1. The van der Waals surface area contributed by atoms with Crippen molar-refractivity contribution >= 4 is 23.0 Å². The number of anilines is 3. The zero-order chi connectivity index (χ0) is 13.8. The van der Waals surface area contributed by atoms with Gasteiger partial charge in [-0.15, -0.1) is 0 Å². The molecular weight excluding hydrogens is 244 g/mol. The van der Waals surface area contributed by atoms with E-state index in [9.17, 15) is 4.79 Å². The minimum absolute atomic E-state index is 0.319. The molecule has 1 heterocycles. The third-order valence-corrected chi connectivity index (χ3v) is 2.52. The zero-order valence-corrected chi connectivity index (χ0v) is 10.9. The molecule has 0 aliphatic heterocycles. The van der Waals surface area contributed by atoms with Gasteiger partial charge in [-0.25, -0.2) is 4.79 Å². The van der Waals surface area contributed by atoms with E-state index in [0.29, 0.717) is 23.5 Å². The van der Waals surface area contributed by atoms with Crippen LogP contribution in [0, 0.1) is 0 Å². The summed E-state index contributed by atoms with van der Waals surface area (Å²) in [5.41, 5.74) is 8.06. The third-order valence-electron chi connectivity index (χ3n) is 2.52. The molecule has 2 rings (SSSR count). The van der Waals surface area contributed by atoms with E-state index in [-0.39, 0.29) is 0 Å². The van der Waals surface area contributed by atoms with E-state index in [2.05, 4.69) is 10.4 Å². The number of nitrogens with one attached hydrogen (secondary N) is 1. The summed E-state index contributed by atoms with van der Waals surface area (Å²) >= 11 is 0. The van der Waals surface area contributed by atoms with Crippen LogP contribution in [0.1, 0.15) is 17.3 Å². The van der Waals surface area contributed by atoms with Crippen molar-refractivity contribution in [2.45, 2.75) is 6.92 Å². The van der Waals surface area contributed by atoms with E-state index in [1.54, 1.807) is 36.0 Å². The minimum Gasteiger partial charge on any atom is -0.462 e.